The molecule has 110 valence electrons. The highest BCUT2D eigenvalue weighted by molar-refractivity contribution is 14.1. The maximum absolute atomic E-state index is 5.99. The zero-order valence-corrected chi connectivity index (χ0v) is 15.4. The molecule has 2 aromatic carbocycles. The molecule has 0 fully saturated rings. The maximum Gasteiger partial charge on any atom is 0.135 e. The lowest BCUT2D eigenvalue weighted by molar-refractivity contribution is 0.590. The molecule has 1 heterocycles. The van der Waals surface area contributed by atoms with Gasteiger partial charge in [0.25, 0.3) is 0 Å². The Morgan fingerprint density at radius 2 is 1.24 bits per heavy atom. The number of halogens is 1. The van der Waals surface area contributed by atoms with Gasteiger partial charge in [0, 0.05) is 14.2 Å². The third kappa shape index (κ3) is 2.70. The standard InChI is InChI=1S/C19H21IO/c1-18(2,3)12-6-8-16-14(10-12)15-11-13(19(4,5)20)7-9-17(15)21-16/h6-11H,1-5H3. The van der Waals surface area contributed by atoms with Crippen molar-refractivity contribution in [2.24, 2.45) is 0 Å². The third-order valence-corrected chi connectivity index (χ3v) is 4.64. The Kier molecular flexibility index (Phi) is 3.36. The van der Waals surface area contributed by atoms with Crippen LogP contribution in [0.5, 0.6) is 0 Å². The van der Waals surface area contributed by atoms with Gasteiger partial charge in [-0.2, -0.15) is 0 Å². The molecule has 21 heavy (non-hydrogen) atoms. The molecule has 1 aromatic heterocycles. The predicted octanol–water partition coefficient (Wildman–Crippen LogP) is 6.55. The van der Waals surface area contributed by atoms with Crippen LogP contribution in [0, 0.1) is 0 Å². The summed E-state index contributed by atoms with van der Waals surface area (Å²) in [4.78, 5) is 0. The van der Waals surface area contributed by atoms with Crippen LogP contribution < -0.4 is 0 Å². The maximum atomic E-state index is 5.99. The van der Waals surface area contributed by atoms with Gasteiger partial charge in [-0.3, -0.25) is 0 Å². The Morgan fingerprint density at radius 3 is 1.71 bits per heavy atom. The Bertz CT molecular complexity index is 745. The van der Waals surface area contributed by atoms with Crippen LogP contribution >= 0.6 is 22.6 Å². The monoisotopic (exact) mass is 392 g/mol. The summed E-state index contributed by atoms with van der Waals surface area (Å²) >= 11 is 2.49. The van der Waals surface area contributed by atoms with Crippen molar-refractivity contribution < 1.29 is 4.42 Å². The lowest BCUT2D eigenvalue weighted by Crippen LogP contribution is -2.10. The van der Waals surface area contributed by atoms with Crippen LogP contribution in [0.2, 0.25) is 0 Å². The molecule has 0 saturated carbocycles. The molecular formula is C19H21IO. The van der Waals surface area contributed by atoms with Gasteiger partial charge in [-0.1, -0.05) is 55.5 Å². The van der Waals surface area contributed by atoms with Crippen LogP contribution in [0.4, 0.5) is 0 Å². The summed E-state index contributed by atoms with van der Waals surface area (Å²) < 4.78 is 6.11. The van der Waals surface area contributed by atoms with Crippen molar-refractivity contribution in [1.82, 2.24) is 0 Å². The lowest BCUT2D eigenvalue weighted by atomic mass is 9.86. The number of rotatable bonds is 1. The topological polar surface area (TPSA) is 13.1 Å². The minimum atomic E-state index is 0.122. The molecule has 0 spiro atoms. The molecule has 3 rings (SSSR count). The molecule has 1 nitrogen and oxygen atoms in total. The minimum absolute atomic E-state index is 0.122. The van der Waals surface area contributed by atoms with E-state index in [1.165, 1.54) is 21.9 Å². The molecule has 0 unspecified atom stereocenters. The lowest BCUT2D eigenvalue weighted by Gasteiger charge is -2.19. The van der Waals surface area contributed by atoms with Gasteiger partial charge < -0.3 is 4.42 Å². The van der Waals surface area contributed by atoms with E-state index in [1.807, 2.05) is 0 Å². The smallest absolute Gasteiger partial charge is 0.135 e. The van der Waals surface area contributed by atoms with Gasteiger partial charge in [-0.05, 0) is 54.7 Å². The fourth-order valence-corrected chi connectivity index (χ4v) is 2.95. The molecule has 0 aliphatic rings. The number of alkyl halides is 1. The molecule has 0 amide bonds. The first-order valence-corrected chi connectivity index (χ1v) is 8.40. The van der Waals surface area contributed by atoms with Gasteiger partial charge in [0.15, 0.2) is 0 Å². The molecule has 0 aliphatic heterocycles. The van der Waals surface area contributed by atoms with E-state index in [2.05, 4.69) is 93.6 Å². The number of hydrogen-bond acceptors (Lipinski definition) is 1. The van der Waals surface area contributed by atoms with Crippen LogP contribution in [0.3, 0.4) is 0 Å². The van der Waals surface area contributed by atoms with Gasteiger partial charge in [0.2, 0.25) is 0 Å². The SMILES string of the molecule is CC(C)(C)c1ccc2oc3ccc(C(C)(C)I)cc3c2c1. The van der Waals surface area contributed by atoms with Crippen LogP contribution in [0.1, 0.15) is 45.7 Å². The molecule has 0 radical (unpaired) electrons. The van der Waals surface area contributed by atoms with Crippen molar-refractivity contribution in [3.05, 3.63) is 47.5 Å². The van der Waals surface area contributed by atoms with Crippen LogP contribution in [0.25, 0.3) is 21.9 Å². The first kappa shape index (κ1) is 14.9. The summed E-state index contributed by atoms with van der Waals surface area (Å²) in [5.41, 5.74) is 4.77. The Morgan fingerprint density at radius 1 is 0.762 bits per heavy atom. The van der Waals surface area contributed by atoms with Gasteiger partial charge in [-0.25, -0.2) is 0 Å². The highest BCUT2D eigenvalue weighted by atomic mass is 127. The second kappa shape index (κ2) is 4.73. The van der Waals surface area contributed by atoms with E-state index < -0.39 is 0 Å². The van der Waals surface area contributed by atoms with Gasteiger partial charge in [-0.15, -0.1) is 0 Å². The summed E-state index contributed by atoms with van der Waals surface area (Å²) in [5, 5.41) is 2.44. The summed E-state index contributed by atoms with van der Waals surface area (Å²) in [6.45, 7) is 11.2. The molecule has 0 N–H and O–H groups in total. The number of hydrogen-bond donors (Lipinski definition) is 0. The van der Waals surface area contributed by atoms with E-state index in [-0.39, 0.29) is 8.84 Å². The third-order valence-electron chi connectivity index (χ3n) is 4.02. The average molecular weight is 392 g/mol. The van der Waals surface area contributed by atoms with Crippen LogP contribution in [0.15, 0.2) is 40.8 Å². The van der Waals surface area contributed by atoms with Crippen LogP contribution in [-0.2, 0) is 8.84 Å². The first-order valence-electron chi connectivity index (χ1n) is 7.32. The molecule has 0 saturated heterocycles. The van der Waals surface area contributed by atoms with E-state index >= 15 is 0 Å². The summed E-state index contributed by atoms with van der Waals surface area (Å²) in [7, 11) is 0. The summed E-state index contributed by atoms with van der Waals surface area (Å²) in [6.07, 6.45) is 0. The van der Waals surface area contributed by atoms with E-state index in [4.69, 9.17) is 4.42 Å². The molecule has 2 heteroatoms. The first-order chi connectivity index (χ1) is 9.66. The van der Waals surface area contributed by atoms with Crippen molar-refractivity contribution in [1.29, 1.82) is 0 Å². The quantitative estimate of drug-likeness (QED) is 0.338. The highest BCUT2D eigenvalue weighted by Gasteiger charge is 2.19. The predicted molar refractivity (Wildman–Crippen MR) is 99.5 cm³/mol. The van der Waals surface area contributed by atoms with Gasteiger partial charge in [0.1, 0.15) is 11.2 Å². The zero-order chi connectivity index (χ0) is 15.4. The minimum Gasteiger partial charge on any atom is -0.456 e. The zero-order valence-electron chi connectivity index (χ0n) is 13.3. The van der Waals surface area contributed by atoms with Crippen molar-refractivity contribution in [3.63, 3.8) is 0 Å². The molecule has 3 aromatic rings. The van der Waals surface area contributed by atoms with Crippen molar-refractivity contribution in [2.75, 3.05) is 0 Å². The fraction of sp³-hybridized carbons (Fsp3) is 0.368. The molecule has 0 atom stereocenters. The Hall–Kier alpha value is -1.03. The normalized spacial score (nSPS) is 13.2. The number of benzene rings is 2. The molecular weight excluding hydrogens is 371 g/mol. The van der Waals surface area contributed by atoms with E-state index in [0.717, 1.165) is 11.2 Å². The number of furan rings is 1. The Balaban J connectivity index is 2.31. The van der Waals surface area contributed by atoms with Gasteiger partial charge in [0.05, 0.1) is 0 Å². The van der Waals surface area contributed by atoms with Crippen LogP contribution in [-0.4, -0.2) is 0 Å². The highest BCUT2D eigenvalue weighted by Crippen LogP contribution is 2.37. The van der Waals surface area contributed by atoms with E-state index in [9.17, 15) is 0 Å². The number of fused-ring (bicyclic) bond motifs is 3. The van der Waals surface area contributed by atoms with Crippen molar-refractivity contribution in [2.45, 2.75) is 43.5 Å². The fourth-order valence-electron chi connectivity index (χ4n) is 2.61. The summed E-state index contributed by atoms with van der Waals surface area (Å²) in [6, 6.07) is 13.1. The van der Waals surface area contributed by atoms with Crippen molar-refractivity contribution >= 4 is 44.5 Å². The molecule has 0 aliphatic carbocycles. The largest absolute Gasteiger partial charge is 0.456 e. The summed E-state index contributed by atoms with van der Waals surface area (Å²) in [5.74, 6) is 0. The second-order valence-corrected chi connectivity index (χ2v) is 9.94. The van der Waals surface area contributed by atoms with Crippen molar-refractivity contribution in [3.8, 4) is 0 Å². The Labute approximate surface area is 139 Å². The van der Waals surface area contributed by atoms with Gasteiger partial charge >= 0.3 is 0 Å². The van der Waals surface area contributed by atoms with E-state index in [1.54, 1.807) is 0 Å². The van der Waals surface area contributed by atoms with E-state index in [0.29, 0.717) is 0 Å². The second-order valence-electron chi connectivity index (χ2n) is 7.25. The molecule has 0 bridgehead atoms. The average Bonchev–Trinajstić information content (AvgIpc) is 2.73.